The number of nitrogens with two attached hydrogens (primary N) is 1. The molecule has 43 heavy (non-hydrogen) atoms. The van der Waals surface area contributed by atoms with Crippen molar-refractivity contribution in [2.75, 3.05) is 31.9 Å². The van der Waals surface area contributed by atoms with Gasteiger partial charge in [0.1, 0.15) is 18.2 Å². The number of aromatic nitrogens is 4. The largest absolute Gasteiger partial charge is 0.382 e. The zero-order valence-corrected chi connectivity index (χ0v) is 29.4. The third kappa shape index (κ3) is 15.0. The molecule has 0 saturated carbocycles. The third-order valence-electron chi connectivity index (χ3n) is 8.92. The minimum atomic E-state index is -3.86. The smallest absolute Gasteiger partial charge is 0.353 e. The van der Waals surface area contributed by atoms with Crippen LogP contribution < -0.4 is 5.73 Å². The molecule has 0 saturated heterocycles. The lowest BCUT2D eigenvalue weighted by atomic mass is 10.1. The van der Waals surface area contributed by atoms with Crippen LogP contribution in [0, 0.1) is 0 Å². The maximum atomic E-state index is 12.3. The van der Waals surface area contributed by atoms with E-state index in [2.05, 4.69) is 35.7 Å². The van der Waals surface area contributed by atoms with Crippen LogP contribution in [0.25, 0.3) is 11.2 Å². The van der Waals surface area contributed by atoms with Crippen molar-refractivity contribution in [3.8, 4) is 0 Å². The minimum Gasteiger partial charge on any atom is -0.382 e. The molecule has 0 aliphatic heterocycles. The molecule has 0 aliphatic carbocycles. The molecule has 0 fully saturated rings. The first-order valence-corrected chi connectivity index (χ1v) is 21.4. The predicted molar refractivity (Wildman–Crippen MR) is 179 cm³/mol. The standard InChI is InChI=1S/C31H60N5O5PSi/c1-5-43(6-2,7-3)23-19-17-15-13-11-9-8-10-12-14-16-18-20-39-21-22-41-42(37,38)27-40-28(4)24-36-26-35-29-30(32)33-25-34-31(29)36/h25-26,28H,5-24,27H2,1-4H3,(H,37,38)(H2,32,33,34)/t28-/m1/s1. The molecule has 0 aromatic carbocycles. The Hall–Kier alpha value is -1.36. The van der Waals surface area contributed by atoms with Crippen LogP contribution in [0.2, 0.25) is 24.2 Å². The lowest BCUT2D eigenvalue weighted by Crippen LogP contribution is -2.30. The van der Waals surface area contributed by atoms with Gasteiger partial charge in [-0.15, -0.1) is 0 Å². The summed E-state index contributed by atoms with van der Waals surface area (Å²) in [5.74, 6) is 0.308. The fourth-order valence-corrected chi connectivity index (χ4v) is 10.2. The second kappa shape index (κ2) is 21.4. The van der Waals surface area contributed by atoms with E-state index in [4.69, 9.17) is 19.7 Å². The number of hydrogen-bond acceptors (Lipinski definition) is 8. The van der Waals surface area contributed by atoms with Gasteiger partial charge in [-0.05, 0) is 13.3 Å². The van der Waals surface area contributed by atoms with Crippen LogP contribution in [-0.4, -0.2) is 64.8 Å². The summed E-state index contributed by atoms with van der Waals surface area (Å²) in [5, 5.41) is 0. The number of anilines is 1. The molecule has 12 heteroatoms. The molecular formula is C31H60N5O5PSi. The number of nitrogen functional groups attached to an aromatic ring is 1. The molecule has 10 nitrogen and oxygen atoms in total. The summed E-state index contributed by atoms with van der Waals surface area (Å²) in [5.41, 5.74) is 6.92. The second-order valence-electron chi connectivity index (χ2n) is 12.1. The molecular weight excluding hydrogens is 581 g/mol. The molecule has 2 aromatic heterocycles. The van der Waals surface area contributed by atoms with Crippen molar-refractivity contribution in [1.82, 2.24) is 19.5 Å². The average molecular weight is 642 g/mol. The van der Waals surface area contributed by atoms with Gasteiger partial charge in [-0.25, -0.2) is 15.0 Å². The average Bonchev–Trinajstić information content (AvgIpc) is 3.41. The molecule has 1 unspecified atom stereocenters. The highest BCUT2D eigenvalue weighted by Gasteiger charge is 2.25. The van der Waals surface area contributed by atoms with Crippen molar-refractivity contribution in [1.29, 1.82) is 0 Å². The van der Waals surface area contributed by atoms with Crippen LogP contribution >= 0.6 is 7.60 Å². The zero-order chi connectivity index (χ0) is 31.4. The van der Waals surface area contributed by atoms with Crippen LogP contribution in [0.15, 0.2) is 12.7 Å². The fraction of sp³-hybridized carbons (Fsp3) is 0.839. The van der Waals surface area contributed by atoms with Gasteiger partial charge in [0, 0.05) is 6.61 Å². The van der Waals surface area contributed by atoms with E-state index in [0.29, 0.717) is 36.7 Å². The Morgan fingerprint density at radius 2 is 1.44 bits per heavy atom. The summed E-state index contributed by atoms with van der Waals surface area (Å²) in [6, 6.07) is 5.95. The van der Waals surface area contributed by atoms with Gasteiger partial charge in [-0.3, -0.25) is 4.57 Å². The van der Waals surface area contributed by atoms with Crippen LogP contribution in [0.5, 0.6) is 0 Å². The van der Waals surface area contributed by atoms with Crippen LogP contribution in [0.1, 0.15) is 105 Å². The molecule has 2 atom stereocenters. The van der Waals surface area contributed by atoms with Gasteiger partial charge < -0.3 is 29.2 Å². The first-order chi connectivity index (χ1) is 20.8. The van der Waals surface area contributed by atoms with E-state index in [1.807, 2.05) is 0 Å². The summed E-state index contributed by atoms with van der Waals surface area (Å²) >= 11 is 0. The highest BCUT2D eigenvalue weighted by molar-refractivity contribution is 7.52. The molecule has 248 valence electrons. The Kier molecular flexibility index (Phi) is 18.8. The molecule has 0 amide bonds. The number of imidazole rings is 1. The van der Waals surface area contributed by atoms with Crippen molar-refractivity contribution in [2.45, 2.75) is 142 Å². The van der Waals surface area contributed by atoms with E-state index in [1.54, 1.807) is 23.9 Å². The van der Waals surface area contributed by atoms with Gasteiger partial charge in [-0.2, -0.15) is 0 Å². The van der Waals surface area contributed by atoms with Crippen LogP contribution in [0.4, 0.5) is 5.82 Å². The topological polar surface area (TPSA) is 135 Å². The number of rotatable bonds is 27. The Bertz CT molecular complexity index is 1050. The Morgan fingerprint density at radius 3 is 2.05 bits per heavy atom. The van der Waals surface area contributed by atoms with E-state index < -0.39 is 22.0 Å². The second-order valence-corrected chi connectivity index (χ2v) is 19.5. The number of nitrogens with zero attached hydrogens (tertiary/aromatic N) is 4. The quantitative estimate of drug-likeness (QED) is 0.0562. The SMILES string of the molecule is CC[Si](CC)(CC)CCCCCCCCCCCCCCOCCOP(=O)(O)CO[C@H](C)Cn1cnc2c(N)ncnc21. The van der Waals surface area contributed by atoms with Gasteiger partial charge in [0.2, 0.25) is 0 Å². The third-order valence-corrected chi connectivity index (χ3v) is 15.9. The van der Waals surface area contributed by atoms with E-state index in [0.717, 1.165) is 12.8 Å². The summed E-state index contributed by atoms with van der Waals surface area (Å²) in [7, 11) is -4.76. The Labute approximate surface area is 261 Å². The van der Waals surface area contributed by atoms with Crippen molar-refractivity contribution in [3.05, 3.63) is 12.7 Å². The highest BCUT2D eigenvalue weighted by Crippen LogP contribution is 2.41. The van der Waals surface area contributed by atoms with Crippen molar-refractivity contribution >= 4 is 32.7 Å². The van der Waals surface area contributed by atoms with E-state index in [9.17, 15) is 9.46 Å². The maximum absolute atomic E-state index is 12.3. The molecule has 2 heterocycles. The first-order valence-electron chi connectivity index (χ1n) is 16.8. The van der Waals surface area contributed by atoms with Crippen molar-refractivity contribution < 1.29 is 23.5 Å². The first kappa shape index (κ1) is 37.8. The molecule has 0 spiro atoms. The van der Waals surface area contributed by atoms with Gasteiger partial charge in [0.25, 0.3) is 0 Å². The van der Waals surface area contributed by atoms with E-state index in [-0.39, 0.29) is 12.7 Å². The Morgan fingerprint density at radius 1 is 0.860 bits per heavy atom. The lowest BCUT2D eigenvalue weighted by Gasteiger charge is -2.28. The molecule has 2 rings (SSSR count). The fourth-order valence-electron chi connectivity index (χ4n) is 5.71. The molecule has 3 N–H and O–H groups in total. The predicted octanol–water partition coefficient (Wildman–Crippen LogP) is 8.18. The lowest BCUT2D eigenvalue weighted by molar-refractivity contribution is 0.0610. The number of hydrogen-bond donors (Lipinski definition) is 2. The number of unbranched alkanes of at least 4 members (excludes halogenated alkanes) is 11. The summed E-state index contributed by atoms with van der Waals surface area (Å²) in [4.78, 5) is 22.4. The summed E-state index contributed by atoms with van der Waals surface area (Å²) < 4.78 is 30.4. The van der Waals surface area contributed by atoms with Crippen LogP contribution in [-0.2, 0) is 25.1 Å². The van der Waals surface area contributed by atoms with E-state index >= 15 is 0 Å². The monoisotopic (exact) mass is 641 g/mol. The van der Waals surface area contributed by atoms with Gasteiger partial charge in [-0.1, -0.05) is 116 Å². The van der Waals surface area contributed by atoms with Gasteiger partial charge in [0.15, 0.2) is 11.5 Å². The number of ether oxygens (including phenoxy) is 2. The van der Waals surface area contributed by atoms with Crippen LogP contribution in [0.3, 0.4) is 0 Å². The Balaban J connectivity index is 1.37. The zero-order valence-electron chi connectivity index (χ0n) is 27.5. The van der Waals surface area contributed by atoms with Gasteiger partial charge >= 0.3 is 7.60 Å². The summed E-state index contributed by atoms with van der Waals surface area (Å²) in [6.07, 6.45) is 18.2. The summed E-state index contributed by atoms with van der Waals surface area (Å²) in [6.45, 7) is 10.5. The molecule has 0 radical (unpaired) electrons. The minimum absolute atomic E-state index is 0.0621. The van der Waals surface area contributed by atoms with Crippen molar-refractivity contribution in [3.63, 3.8) is 0 Å². The maximum Gasteiger partial charge on any atom is 0.353 e. The van der Waals surface area contributed by atoms with E-state index in [1.165, 1.54) is 88.7 Å². The number of fused-ring (bicyclic) bond motifs is 1. The molecule has 0 bridgehead atoms. The normalized spacial score (nSPS) is 14.3. The molecule has 2 aromatic rings. The molecule has 0 aliphatic rings. The van der Waals surface area contributed by atoms with Crippen molar-refractivity contribution in [2.24, 2.45) is 0 Å². The van der Waals surface area contributed by atoms with Gasteiger partial charge in [0.05, 0.1) is 40.3 Å². The highest BCUT2D eigenvalue weighted by atomic mass is 31.2.